The molecule has 9 heteroatoms. The molecule has 0 atom stereocenters. The lowest BCUT2D eigenvalue weighted by molar-refractivity contribution is 0.0734. The molecule has 0 saturated heterocycles. The minimum Gasteiger partial charge on any atom is -0.423 e. The van der Waals surface area contributed by atoms with E-state index >= 15 is 0 Å². The molecule has 5 rings (SSSR count). The Labute approximate surface area is 249 Å². The number of nitrogens with zero attached hydrogens (tertiary/aromatic N) is 2. The number of anilines is 1. The van der Waals surface area contributed by atoms with Gasteiger partial charge < -0.3 is 4.74 Å². The molecule has 43 heavy (non-hydrogen) atoms. The van der Waals surface area contributed by atoms with E-state index in [2.05, 4.69) is 10.5 Å². The summed E-state index contributed by atoms with van der Waals surface area (Å²) in [4.78, 5) is 25.7. The van der Waals surface area contributed by atoms with E-state index in [4.69, 9.17) is 4.74 Å². The maximum absolute atomic E-state index is 13.8. The molecule has 0 spiro atoms. The fourth-order valence-corrected chi connectivity index (χ4v) is 5.73. The fraction of sp³-hybridized carbons (Fsp3) is 0.0294. The van der Waals surface area contributed by atoms with Gasteiger partial charge >= 0.3 is 5.97 Å². The Hall–Kier alpha value is -5.54. The molecule has 0 radical (unpaired) electrons. The third kappa shape index (κ3) is 7.22. The Morgan fingerprint density at radius 1 is 0.721 bits per heavy atom. The van der Waals surface area contributed by atoms with Crippen LogP contribution in [0.2, 0.25) is 0 Å². The van der Waals surface area contributed by atoms with Crippen molar-refractivity contribution >= 4 is 33.8 Å². The number of para-hydroxylation sites is 1. The number of hydrogen-bond donors (Lipinski definition) is 1. The van der Waals surface area contributed by atoms with Gasteiger partial charge in [-0.15, -0.1) is 0 Å². The first kappa shape index (κ1) is 29.0. The summed E-state index contributed by atoms with van der Waals surface area (Å²) in [6, 6.07) is 39.0. The van der Waals surface area contributed by atoms with Crippen LogP contribution in [0.4, 0.5) is 5.69 Å². The van der Waals surface area contributed by atoms with Crippen molar-refractivity contribution in [2.75, 3.05) is 4.31 Å². The Bertz CT molecular complexity index is 1830. The van der Waals surface area contributed by atoms with Crippen molar-refractivity contribution < 1.29 is 22.7 Å². The first-order valence-corrected chi connectivity index (χ1v) is 14.8. The lowest BCUT2D eigenvalue weighted by atomic mass is 10.1. The van der Waals surface area contributed by atoms with Crippen LogP contribution in [-0.2, 0) is 16.6 Å². The summed E-state index contributed by atoms with van der Waals surface area (Å²) in [5, 5.41) is 4.06. The number of ether oxygens (including phenoxy) is 1. The molecule has 214 valence electrons. The molecule has 0 unspecified atom stereocenters. The van der Waals surface area contributed by atoms with Crippen LogP contribution in [0.25, 0.3) is 0 Å². The van der Waals surface area contributed by atoms with E-state index in [0.717, 1.165) is 5.56 Å². The zero-order valence-electron chi connectivity index (χ0n) is 22.9. The zero-order valence-corrected chi connectivity index (χ0v) is 23.7. The predicted molar refractivity (Wildman–Crippen MR) is 166 cm³/mol. The standard InChI is InChI=1S/C34H27N3O5S/c38-33(36-35-24-26-20-22-29(23-21-26)42-34(39)28-14-6-2-7-15-28)31-18-10-11-19-32(31)37(25-27-12-4-1-5-13-27)43(40,41)30-16-8-3-9-17-30/h1-24H,25H2,(H,36,38)/b35-24-. The van der Waals surface area contributed by atoms with Crippen molar-refractivity contribution in [3.63, 3.8) is 0 Å². The summed E-state index contributed by atoms with van der Waals surface area (Å²) in [5.74, 6) is -0.688. The van der Waals surface area contributed by atoms with Gasteiger partial charge in [0.25, 0.3) is 15.9 Å². The van der Waals surface area contributed by atoms with Gasteiger partial charge in [-0.1, -0.05) is 78.9 Å². The lowest BCUT2D eigenvalue weighted by Crippen LogP contribution is -2.33. The SMILES string of the molecule is O=C(Oc1ccc(/C=N\NC(=O)c2ccccc2N(Cc2ccccc2)S(=O)(=O)c2ccccc2)cc1)c1ccccc1. The number of rotatable bonds is 10. The second-order valence-electron chi connectivity index (χ2n) is 9.35. The minimum absolute atomic E-state index is 0.0207. The van der Waals surface area contributed by atoms with E-state index in [0.29, 0.717) is 16.9 Å². The second-order valence-corrected chi connectivity index (χ2v) is 11.2. The Kier molecular flexibility index (Phi) is 9.04. The average molecular weight is 590 g/mol. The predicted octanol–water partition coefficient (Wildman–Crippen LogP) is 6.07. The van der Waals surface area contributed by atoms with Gasteiger partial charge in [-0.25, -0.2) is 18.6 Å². The molecule has 0 aliphatic heterocycles. The van der Waals surface area contributed by atoms with Crippen molar-refractivity contribution in [1.82, 2.24) is 5.43 Å². The summed E-state index contributed by atoms with van der Waals surface area (Å²) in [5.41, 5.74) is 4.68. The van der Waals surface area contributed by atoms with Crippen molar-refractivity contribution in [3.05, 3.63) is 162 Å². The van der Waals surface area contributed by atoms with Crippen LogP contribution >= 0.6 is 0 Å². The first-order valence-electron chi connectivity index (χ1n) is 13.3. The van der Waals surface area contributed by atoms with Crippen LogP contribution < -0.4 is 14.5 Å². The molecule has 0 aliphatic rings. The quantitative estimate of drug-likeness (QED) is 0.0922. The number of nitrogens with one attached hydrogen (secondary N) is 1. The topological polar surface area (TPSA) is 105 Å². The van der Waals surface area contributed by atoms with Crippen molar-refractivity contribution in [2.24, 2.45) is 5.10 Å². The summed E-state index contributed by atoms with van der Waals surface area (Å²) in [6.45, 7) is 0.0207. The molecular formula is C34H27N3O5S. The number of hydrogen-bond acceptors (Lipinski definition) is 6. The third-order valence-electron chi connectivity index (χ3n) is 6.40. The Balaban J connectivity index is 1.33. The molecule has 0 aliphatic carbocycles. The number of hydrazone groups is 1. The number of carbonyl (C=O) groups is 2. The average Bonchev–Trinajstić information content (AvgIpc) is 3.05. The molecule has 8 nitrogen and oxygen atoms in total. The summed E-state index contributed by atoms with van der Waals surface area (Å²) >= 11 is 0. The van der Waals surface area contributed by atoms with Gasteiger partial charge in [0, 0.05) is 0 Å². The number of carbonyl (C=O) groups excluding carboxylic acids is 2. The number of sulfonamides is 1. The van der Waals surface area contributed by atoms with Crippen molar-refractivity contribution in [1.29, 1.82) is 0 Å². The van der Waals surface area contributed by atoms with E-state index in [1.54, 1.807) is 91.0 Å². The summed E-state index contributed by atoms with van der Waals surface area (Å²) < 4.78 is 34.3. The van der Waals surface area contributed by atoms with Gasteiger partial charge in [-0.2, -0.15) is 5.10 Å². The smallest absolute Gasteiger partial charge is 0.343 e. The summed E-state index contributed by atoms with van der Waals surface area (Å²) in [7, 11) is -4.02. The largest absolute Gasteiger partial charge is 0.423 e. The number of esters is 1. The van der Waals surface area contributed by atoms with E-state index in [1.807, 2.05) is 36.4 Å². The van der Waals surface area contributed by atoms with Gasteiger partial charge in [0.2, 0.25) is 0 Å². The molecule has 0 aromatic heterocycles. The first-order chi connectivity index (χ1) is 20.9. The highest BCUT2D eigenvalue weighted by molar-refractivity contribution is 7.92. The molecule has 0 saturated carbocycles. The van der Waals surface area contributed by atoms with Crippen LogP contribution in [0.5, 0.6) is 5.75 Å². The van der Waals surface area contributed by atoms with Gasteiger partial charge in [0.05, 0.1) is 34.5 Å². The molecule has 1 N–H and O–H groups in total. The maximum atomic E-state index is 13.8. The monoisotopic (exact) mass is 589 g/mol. The third-order valence-corrected chi connectivity index (χ3v) is 8.17. The van der Waals surface area contributed by atoms with E-state index in [1.165, 1.54) is 22.7 Å². The van der Waals surface area contributed by atoms with Crippen LogP contribution in [0, 0.1) is 0 Å². The normalized spacial score (nSPS) is 11.2. The van der Waals surface area contributed by atoms with E-state index in [-0.39, 0.29) is 22.7 Å². The molecule has 0 fully saturated rings. The number of amides is 1. The van der Waals surface area contributed by atoms with E-state index < -0.39 is 21.9 Å². The maximum Gasteiger partial charge on any atom is 0.343 e. The van der Waals surface area contributed by atoms with Gasteiger partial charge in [0.15, 0.2) is 0 Å². The highest BCUT2D eigenvalue weighted by Crippen LogP contribution is 2.29. The zero-order chi connectivity index (χ0) is 30.1. The van der Waals surface area contributed by atoms with Crippen molar-refractivity contribution in [2.45, 2.75) is 11.4 Å². The van der Waals surface area contributed by atoms with Crippen LogP contribution in [0.1, 0.15) is 31.8 Å². The molecule has 5 aromatic rings. The van der Waals surface area contributed by atoms with E-state index in [9.17, 15) is 18.0 Å². The second kappa shape index (κ2) is 13.4. The minimum atomic E-state index is -4.02. The highest BCUT2D eigenvalue weighted by atomic mass is 32.2. The molecular weight excluding hydrogens is 562 g/mol. The van der Waals surface area contributed by atoms with Gasteiger partial charge in [-0.05, 0) is 71.8 Å². The van der Waals surface area contributed by atoms with Crippen molar-refractivity contribution in [3.8, 4) is 5.75 Å². The summed E-state index contributed by atoms with van der Waals surface area (Å²) in [6.07, 6.45) is 1.44. The number of benzene rings is 5. The van der Waals surface area contributed by atoms with Gasteiger partial charge in [0.1, 0.15) is 5.75 Å². The van der Waals surface area contributed by atoms with Crippen LogP contribution in [0.3, 0.4) is 0 Å². The molecule has 0 bridgehead atoms. The van der Waals surface area contributed by atoms with Crippen LogP contribution in [-0.4, -0.2) is 26.5 Å². The van der Waals surface area contributed by atoms with Gasteiger partial charge in [-0.3, -0.25) is 9.10 Å². The molecule has 1 amide bonds. The highest BCUT2D eigenvalue weighted by Gasteiger charge is 2.28. The molecule has 0 heterocycles. The van der Waals surface area contributed by atoms with Crippen LogP contribution in [0.15, 0.2) is 150 Å². The Morgan fingerprint density at radius 2 is 1.30 bits per heavy atom. The lowest BCUT2D eigenvalue weighted by Gasteiger charge is -2.26. The molecule has 5 aromatic carbocycles. The Morgan fingerprint density at radius 3 is 1.98 bits per heavy atom. The fourth-order valence-electron chi connectivity index (χ4n) is 4.24.